The molecule has 1 unspecified atom stereocenters. The van der Waals surface area contributed by atoms with Crippen LogP contribution in [0, 0.1) is 0 Å². The number of aliphatic hydroxyl groups is 1. The molecular formula is C17H29BO. The lowest BCUT2D eigenvalue weighted by Gasteiger charge is -2.24. The molecule has 0 fully saturated rings. The molecule has 0 saturated heterocycles. The summed E-state index contributed by atoms with van der Waals surface area (Å²) >= 11 is 0. The molecular weight excluding hydrogens is 231 g/mol. The zero-order valence-corrected chi connectivity index (χ0v) is 13.6. The SMILES string of the molecule is CC.[B]C(O)(/C=C/C)C(/C=C(C)\C=C/C)=C(/C)CC. The summed E-state index contributed by atoms with van der Waals surface area (Å²) in [7, 11) is 5.93. The van der Waals surface area contributed by atoms with Crippen LogP contribution in [-0.4, -0.2) is 18.5 Å². The average Bonchev–Trinajstić information content (AvgIpc) is 2.37. The van der Waals surface area contributed by atoms with E-state index in [9.17, 15) is 5.11 Å². The Morgan fingerprint density at radius 3 is 2.05 bits per heavy atom. The standard InChI is InChI=1S/C15H23BO.C2H6/c1-6-9-12(4)11-14(13(5)8-3)15(16,17)10-7-2;1-2/h6-7,9-11,17H,8H2,1-5H3;1-2H3/b9-6-,10-7+,12-11-,14-13-;. The highest BCUT2D eigenvalue weighted by molar-refractivity contribution is 6.18. The predicted molar refractivity (Wildman–Crippen MR) is 88.4 cm³/mol. The molecule has 0 aliphatic heterocycles. The molecule has 0 aromatic rings. The maximum absolute atomic E-state index is 10.3. The molecule has 0 aromatic carbocycles. The minimum atomic E-state index is -1.39. The third-order valence-electron chi connectivity index (χ3n) is 2.64. The second kappa shape index (κ2) is 10.9. The first kappa shape index (κ1) is 20.3. The summed E-state index contributed by atoms with van der Waals surface area (Å²) in [5.41, 5.74) is 1.55. The highest BCUT2D eigenvalue weighted by Crippen LogP contribution is 2.24. The van der Waals surface area contributed by atoms with Gasteiger partial charge in [-0.15, -0.1) is 0 Å². The summed E-state index contributed by atoms with van der Waals surface area (Å²) in [5, 5.41) is 10.3. The van der Waals surface area contributed by atoms with Crippen LogP contribution in [0.5, 0.6) is 0 Å². The van der Waals surface area contributed by atoms with E-state index in [1.54, 1.807) is 12.2 Å². The van der Waals surface area contributed by atoms with E-state index in [1.807, 2.05) is 59.8 Å². The molecule has 0 heterocycles. The van der Waals surface area contributed by atoms with Crippen LogP contribution in [-0.2, 0) is 0 Å². The lowest BCUT2D eigenvalue weighted by molar-refractivity contribution is 0.218. The van der Waals surface area contributed by atoms with Gasteiger partial charge < -0.3 is 5.11 Å². The van der Waals surface area contributed by atoms with Crippen molar-refractivity contribution in [2.45, 2.75) is 60.4 Å². The molecule has 0 spiro atoms. The van der Waals surface area contributed by atoms with Crippen molar-refractivity contribution in [2.24, 2.45) is 0 Å². The quantitative estimate of drug-likeness (QED) is 0.431. The first-order valence-electron chi connectivity index (χ1n) is 7.05. The van der Waals surface area contributed by atoms with E-state index < -0.39 is 5.50 Å². The molecule has 19 heavy (non-hydrogen) atoms. The molecule has 0 amide bonds. The Morgan fingerprint density at radius 2 is 1.68 bits per heavy atom. The normalized spacial score (nSPS) is 16.9. The summed E-state index contributed by atoms with van der Waals surface area (Å²) in [6, 6.07) is 0. The first-order valence-corrected chi connectivity index (χ1v) is 7.05. The predicted octanol–water partition coefficient (Wildman–Crippen LogP) is 4.69. The third-order valence-corrected chi connectivity index (χ3v) is 2.64. The van der Waals surface area contributed by atoms with Crippen LogP contribution in [0.1, 0.15) is 54.9 Å². The van der Waals surface area contributed by atoms with E-state index in [2.05, 4.69) is 6.92 Å². The van der Waals surface area contributed by atoms with Gasteiger partial charge in [-0.2, -0.15) is 0 Å². The molecule has 0 aromatic heterocycles. The van der Waals surface area contributed by atoms with Crippen LogP contribution in [0.3, 0.4) is 0 Å². The molecule has 0 aliphatic carbocycles. The molecule has 1 atom stereocenters. The van der Waals surface area contributed by atoms with Crippen molar-refractivity contribution in [3.63, 3.8) is 0 Å². The molecule has 0 aliphatic rings. The van der Waals surface area contributed by atoms with E-state index in [1.165, 1.54) is 0 Å². The van der Waals surface area contributed by atoms with Gasteiger partial charge in [0.05, 0.1) is 5.50 Å². The Kier molecular flexibility index (Phi) is 11.6. The molecule has 0 bridgehead atoms. The Balaban J connectivity index is 0. The van der Waals surface area contributed by atoms with Crippen molar-refractivity contribution >= 4 is 7.85 Å². The van der Waals surface area contributed by atoms with E-state index in [0.29, 0.717) is 0 Å². The number of hydrogen-bond donors (Lipinski definition) is 1. The topological polar surface area (TPSA) is 20.2 Å². The first-order chi connectivity index (χ1) is 8.88. The van der Waals surface area contributed by atoms with Gasteiger partial charge in [-0.3, -0.25) is 0 Å². The third kappa shape index (κ3) is 7.89. The summed E-state index contributed by atoms with van der Waals surface area (Å²) in [6.07, 6.45) is 10.2. The molecule has 0 rings (SSSR count). The van der Waals surface area contributed by atoms with E-state index in [-0.39, 0.29) is 0 Å². The maximum atomic E-state index is 10.3. The lowest BCUT2D eigenvalue weighted by atomic mass is 9.72. The summed E-state index contributed by atoms with van der Waals surface area (Å²) in [4.78, 5) is 0. The maximum Gasteiger partial charge on any atom is 0.125 e. The van der Waals surface area contributed by atoms with Crippen LogP contribution in [0.15, 0.2) is 47.1 Å². The van der Waals surface area contributed by atoms with E-state index in [0.717, 1.165) is 23.1 Å². The monoisotopic (exact) mass is 260 g/mol. The Bertz CT molecular complexity index is 357. The molecule has 0 saturated carbocycles. The highest BCUT2D eigenvalue weighted by Gasteiger charge is 2.21. The van der Waals surface area contributed by atoms with Crippen LogP contribution in [0.4, 0.5) is 0 Å². The van der Waals surface area contributed by atoms with Gasteiger partial charge in [-0.25, -0.2) is 0 Å². The summed E-state index contributed by atoms with van der Waals surface area (Å²) in [5.74, 6) is 0. The van der Waals surface area contributed by atoms with Crippen molar-refractivity contribution in [3.8, 4) is 0 Å². The van der Waals surface area contributed by atoms with E-state index >= 15 is 0 Å². The van der Waals surface area contributed by atoms with Crippen LogP contribution < -0.4 is 0 Å². The van der Waals surface area contributed by atoms with Crippen LogP contribution in [0.2, 0.25) is 0 Å². The van der Waals surface area contributed by atoms with Gasteiger partial charge in [0.15, 0.2) is 0 Å². The fraction of sp³-hybridized carbons (Fsp3) is 0.529. The minimum absolute atomic E-state index is 0.772. The number of hydrogen-bond acceptors (Lipinski definition) is 1. The average molecular weight is 260 g/mol. The largest absolute Gasteiger partial charge is 0.391 e. The van der Waals surface area contributed by atoms with Crippen molar-refractivity contribution in [3.05, 3.63) is 47.1 Å². The highest BCUT2D eigenvalue weighted by atomic mass is 16.3. The van der Waals surface area contributed by atoms with Gasteiger partial charge in [0.25, 0.3) is 0 Å². The van der Waals surface area contributed by atoms with Gasteiger partial charge in [0.1, 0.15) is 7.85 Å². The lowest BCUT2D eigenvalue weighted by Crippen LogP contribution is -2.29. The van der Waals surface area contributed by atoms with Gasteiger partial charge in [0, 0.05) is 0 Å². The van der Waals surface area contributed by atoms with Crippen molar-refractivity contribution < 1.29 is 5.11 Å². The van der Waals surface area contributed by atoms with Crippen molar-refractivity contribution in [2.75, 3.05) is 0 Å². The van der Waals surface area contributed by atoms with E-state index in [4.69, 9.17) is 7.85 Å². The zero-order chi connectivity index (χ0) is 15.5. The Morgan fingerprint density at radius 1 is 1.16 bits per heavy atom. The summed E-state index contributed by atoms with van der Waals surface area (Å²) in [6.45, 7) is 13.9. The fourth-order valence-corrected chi connectivity index (χ4v) is 1.65. The van der Waals surface area contributed by atoms with Crippen molar-refractivity contribution in [1.82, 2.24) is 0 Å². The van der Waals surface area contributed by atoms with Crippen molar-refractivity contribution in [1.29, 1.82) is 0 Å². The second-order valence-electron chi connectivity index (χ2n) is 4.26. The number of rotatable bonds is 5. The van der Waals surface area contributed by atoms with Gasteiger partial charge >= 0.3 is 0 Å². The van der Waals surface area contributed by atoms with Gasteiger partial charge in [-0.05, 0) is 39.7 Å². The Labute approximate surface area is 121 Å². The number of allylic oxidation sites excluding steroid dienone is 5. The smallest absolute Gasteiger partial charge is 0.125 e. The summed E-state index contributed by atoms with van der Waals surface area (Å²) < 4.78 is 0. The molecule has 2 radical (unpaired) electrons. The minimum Gasteiger partial charge on any atom is -0.391 e. The fourth-order valence-electron chi connectivity index (χ4n) is 1.65. The molecule has 106 valence electrons. The Hall–Kier alpha value is -1.02. The zero-order valence-electron chi connectivity index (χ0n) is 13.6. The molecule has 1 nitrogen and oxygen atoms in total. The molecule has 2 heteroatoms. The molecule has 1 N–H and O–H groups in total. The van der Waals surface area contributed by atoms with Gasteiger partial charge in [0.2, 0.25) is 0 Å². The van der Waals surface area contributed by atoms with Gasteiger partial charge in [-0.1, -0.05) is 62.3 Å². The van der Waals surface area contributed by atoms with Crippen LogP contribution in [0.25, 0.3) is 0 Å². The second-order valence-corrected chi connectivity index (χ2v) is 4.26. The van der Waals surface area contributed by atoms with Crippen LogP contribution >= 0.6 is 0 Å².